The average Bonchev–Trinajstić information content (AvgIpc) is 2.93. The summed E-state index contributed by atoms with van der Waals surface area (Å²) in [5.41, 5.74) is 1.75. The van der Waals surface area contributed by atoms with E-state index in [4.69, 9.17) is 14.2 Å². The van der Waals surface area contributed by atoms with Gasteiger partial charge in [-0.1, -0.05) is 6.07 Å². The molecule has 0 bridgehead atoms. The van der Waals surface area contributed by atoms with Crippen molar-refractivity contribution < 1.29 is 19.0 Å². The van der Waals surface area contributed by atoms with E-state index < -0.39 is 0 Å². The summed E-state index contributed by atoms with van der Waals surface area (Å²) in [6, 6.07) is 13.0. The number of fused-ring (bicyclic) bond motifs is 1. The highest BCUT2D eigenvalue weighted by Crippen LogP contribution is 2.32. The van der Waals surface area contributed by atoms with Crippen molar-refractivity contribution in [2.24, 2.45) is 0 Å². The summed E-state index contributed by atoms with van der Waals surface area (Å²) in [7, 11) is 0. The lowest BCUT2D eigenvalue weighted by Crippen LogP contribution is -2.05. The summed E-state index contributed by atoms with van der Waals surface area (Å²) in [4.78, 5) is 10.9. The van der Waals surface area contributed by atoms with Crippen molar-refractivity contribution in [2.45, 2.75) is 13.5 Å². The van der Waals surface area contributed by atoms with Gasteiger partial charge >= 0.3 is 0 Å². The first-order valence-corrected chi connectivity index (χ1v) is 6.60. The summed E-state index contributed by atoms with van der Waals surface area (Å²) >= 11 is 0. The van der Waals surface area contributed by atoms with Gasteiger partial charge in [0.25, 0.3) is 0 Å². The Morgan fingerprint density at radius 2 is 1.90 bits per heavy atom. The third-order valence-corrected chi connectivity index (χ3v) is 3.02. The fraction of sp³-hybridized carbons (Fsp3) is 0.188. The zero-order valence-electron chi connectivity index (χ0n) is 11.6. The van der Waals surface area contributed by atoms with Crippen LogP contribution in [0.15, 0.2) is 42.5 Å². The van der Waals surface area contributed by atoms with Gasteiger partial charge in [0.1, 0.15) is 12.4 Å². The lowest BCUT2D eigenvalue weighted by molar-refractivity contribution is -0.114. The molecule has 0 saturated carbocycles. The molecular weight excluding hydrogens is 270 g/mol. The van der Waals surface area contributed by atoms with Crippen LogP contribution in [0.5, 0.6) is 17.2 Å². The van der Waals surface area contributed by atoms with Gasteiger partial charge in [0, 0.05) is 12.6 Å². The number of carbonyl (C=O) groups is 1. The van der Waals surface area contributed by atoms with E-state index in [2.05, 4.69) is 5.32 Å². The molecule has 1 amide bonds. The molecule has 0 atom stereocenters. The molecule has 1 aliphatic rings. The Labute approximate surface area is 122 Å². The molecule has 5 nitrogen and oxygen atoms in total. The monoisotopic (exact) mass is 285 g/mol. The molecule has 5 heteroatoms. The summed E-state index contributed by atoms with van der Waals surface area (Å²) < 4.78 is 16.3. The molecule has 2 aromatic rings. The lowest BCUT2D eigenvalue weighted by atomic mass is 10.2. The van der Waals surface area contributed by atoms with E-state index in [9.17, 15) is 4.79 Å². The molecule has 3 rings (SSSR count). The number of ether oxygens (including phenoxy) is 3. The van der Waals surface area contributed by atoms with Crippen molar-refractivity contribution in [3.05, 3.63) is 48.0 Å². The molecule has 0 aliphatic carbocycles. The highest BCUT2D eigenvalue weighted by Gasteiger charge is 2.13. The Morgan fingerprint density at radius 3 is 2.67 bits per heavy atom. The molecule has 1 heterocycles. The van der Waals surface area contributed by atoms with Crippen molar-refractivity contribution in [3.63, 3.8) is 0 Å². The Morgan fingerprint density at radius 1 is 1.14 bits per heavy atom. The molecule has 1 aliphatic heterocycles. The van der Waals surface area contributed by atoms with Crippen molar-refractivity contribution in [2.75, 3.05) is 12.1 Å². The molecule has 0 unspecified atom stereocenters. The Hall–Kier alpha value is -2.69. The number of amides is 1. The minimum Gasteiger partial charge on any atom is -0.489 e. The Balaban J connectivity index is 1.61. The quantitative estimate of drug-likeness (QED) is 0.938. The first kappa shape index (κ1) is 13.3. The largest absolute Gasteiger partial charge is 0.489 e. The maximum atomic E-state index is 10.9. The molecule has 2 aromatic carbocycles. The minimum absolute atomic E-state index is 0.0935. The summed E-state index contributed by atoms with van der Waals surface area (Å²) in [5, 5.41) is 2.71. The molecule has 0 spiro atoms. The van der Waals surface area contributed by atoms with Crippen molar-refractivity contribution in [1.29, 1.82) is 0 Å². The van der Waals surface area contributed by atoms with Crippen LogP contribution in [-0.4, -0.2) is 12.7 Å². The molecule has 0 radical (unpaired) electrons. The molecule has 0 aromatic heterocycles. The average molecular weight is 285 g/mol. The van der Waals surface area contributed by atoms with E-state index in [0.717, 1.165) is 28.5 Å². The minimum atomic E-state index is -0.0935. The van der Waals surface area contributed by atoms with Gasteiger partial charge in [0.05, 0.1) is 0 Å². The Kier molecular flexibility index (Phi) is 3.64. The zero-order valence-corrected chi connectivity index (χ0v) is 11.6. The van der Waals surface area contributed by atoms with Crippen LogP contribution in [0.1, 0.15) is 12.5 Å². The first-order chi connectivity index (χ1) is 10.2. The van der Waals surface area contributed by atoms with E-state index in [-0.39, 0.29) is 12.7 Å². The van der Waals surface area contributed by atoms with Crippen LogP contribution in [0.3, 0.4) is 0 Å². The fourth-order valence-electron chi connectivity index (χ4n) is 2.04. The van der Waals surface area contributed by atoms with Crippen molar-refractivity contribution in [1.82, 2.24) is 0 Å². The molecule has 21 heavy (non-hydrogen) atoms. The van der Waals surface area contributed by atoms with Crippen LogP contribution in [0.2, 0.25) is 0 Å². The molecule has 0 fully saturated rings. The second-order valence-corrected chi connectivity index (χ2v) is 4.68. The van der Waals surface area contributed by atoms with E-state index in [0.29, 0.717) is 6.61 Å². The summed E-state index contributed by atoms with van der Waals surface area (Å²) in [5.74, 6) is 2.15. The van der Waals surface area contributed by atoms with Gasteiger partial charge < -0.3 is 19.5 Å². The van der Waals surface area contributed by atoms with Gasteiger partial charge in [-0.2, -0.15) is 0 Å². The maximum Gasteiger partial charge on any atom is 0.231 e. The van der Waals surface area contributed by atoms with Crippen molar-refractivity contribution >= 4 is 11.6 Å². The van der Waals surface area contributed by atoms with Gasteiger partial charge in [0.2, 0.25) is 12.7 Å². The van der Waals surface area contributed by atoms with Crippen molar-refractivity contribution in [3.8, 4) is 17.2 Å². The molecule has 1 N–H and O–H groups in total. The first-order valence-electron chi connectivity index (χ1n) is 6.60. The van der Waals surface area contributed by atoms with E-state index in [1.165, 1.54) is 6.92 Å². The van der Waals surface area contributed by atoms with Gasteiger partial charge in [-0.05, 0) is 42.0 Å². The maximum absolute atomic E-state index is 10.9. The van der Waals surface area contributed by atoms with E-state index >= 15 is 0 Å². The normalized spacial score (nSPS) is 12.0. The summed E-state index contributed by atoms with van der Waals surface area (Å²) in [6.45, 7) is 2.18. The number of carbonyl (C=O) groups excluding carboxylic acids is 1. The van der Waals surface area contributed by atoms with E-state index in [1.54, 1.807) is 12.1 Å². The highest BCUT2D eigenvalue weighted by molar-refractivity contribution is 5.88. The SMILES string of the molecule is CC(=O)Nc1ccc(OCc2ccc3c(c2)OCO3)cc1. The third kappa shape index (κ3) is 3.25. The predicted octanol–water partition coefficient (Wildman–Crippen LogP) is 2.95. The van der Waals surface area contributed by atoms with Crippen LogP contribution in [0, 0.1) is 0 Å². The number of anilines is 1. The van der Waals surface area contributed by atoms with Gasteiger partial charge in [-0.15, -0.1) is 0 Å². The van der Waals surface area contributed by atoms with Gasteiger partial charge in [-0.3, -0.25) is 4.79 Å². The number of rotatable bonds is 4. The Bertz CT molecular complexity index is 652. The number of hydrogen-bond acceptors (Lipinski definition) is 4. The van der Waals surface area contributed by atoms with Crippen LogP contribution < -0.4 is 19.5 Å². The van der Waals surface area contributed by atoms with Gasteiger partial charge in [0.15, 0.2) is 11.5 Å². The predicted molar refractivity (Wildman–Crippen MR) is 77.6 cm³/mol. The van der Waals surface area contributed by atoms with Crippen LogP contribution in [-0.2, 0) is 11.4 Å². The van der Waals surface area contributed by atoms with Crippen LogP contribution >= 0.6 is 0 Å². The zero-order chi connectivity index (χ0) is 14.7. The molecule has 108 valence electrons. The number of benzene rings is 2. The highest BCUT2D eigenvalue weighted by atomic mass is 16.7. The third-order valence-electron chi connectivity index (χ3n) is 3.02. The number of hydrogen-bond donors (Lipinski definition) is 1. The molecule has 0 saturated heterocycles. The van der Waals surface area contributed by atoms with Crippen LogP contribution in [0.25, 0.3) is 0 Å². The standard InChI is InChI=1S/C16H15NO4/c1-11(18)17-13-3-5-14(6-4-13)19-9-12-2-7-15-16(8-12)21-10-20-15/h2-8H,9-10H2,1H3,(H,17,18). The second kappa shape index (κ2) is 5.75. The molecular formula is C16H15NO4. The number of nitrogens with one attached hydrogen (secondary N) is 1. The van der Waals surface area contributed by atoms with E-state index in [1.807, 2.05) is 30.3 Å². The smallest absolute Gasteiger partial charge is 0.231 e. The lowest BCUT2D eigenvalue weighted by Gasteiger charge is -2.08. The van der Waals surface area contributed by atoms with Gasteiger partial charge in [-0.25, -0.2) is 0 Å². The fourth-order valence-corrected chi connectivity index (χ4v) is 2.04. The topological polar surface area (TPSA) is 56.8 Å². The second-order valence-electron chi connectivity index (χ2n) is 4.68. The van der Waals surface area contributed by atoms with Crippen LogP contribution in [0.4, 0.5) is 5.69 Å². The summed E-state index contributed by atoms with van der Waals surface area (Å²) in [6.07, 6.45) is 0.